The first-order valence-electron chi connectivity index (χ1n) is 6.60. The smallest absolute Gasteiger partial charge is 0.237 e. The number of aryl methyl sites for hydroxylation is 1. The van der Waals surface area contributed by atoms with E-state index < -0.39 is 0 Å². The summed E-state index contributed by atoms with van der Waals surface area (Å²) in [5, 5.41) is 4.04. The summed E-state index contributed by atoms with van der Waals surface area (Å²) in [6, 6.07) is 10.3. The van der Waals surface area contributed by atoms with Gasteiger partial charge in [0.1, 0.15) is 5.76 Å². The zero-order valence-electron chi connectivity index (χ0n) is 11.0. The molecule has 0 spiro atoms. The van der Waals surface area contributed by atoms with E-state index in [-0.39, 0.29) is 5.41 Å². The largest absolute Gasteiger partial charge is 0.448 e. The third-order valence-corrected chi connectivity index (χ3v) is 3.87. The Bertz CT molecular complexity index is 741. The van der Waals surface area contributed by atoms with E-state index in [9.17, 15) is 0 Å². The quantitative estimate of drug-likeness (QED) is 0.729. The molecule has 5 nitrogen and oxygen atoms in total. The molecule has 0 amide bonds. The lowest BCUT2D eigenvalue weighted by atomic mass is 9.96. The van der Waals surface area contributed by atoms with E-state index in [0.29, 0.717) is 23.2 Å². The molecule has 100 valence electrons. The van der Waals surface area contributed by atoms with Gasteiger partial charge >= 0.3 is 0 Å². The van der Waals surface area contributed by atoms with Crippen molar-refractivity contribution in [3.8, 4) is 11.5 Å². The predicted molar refractivity (Wildman–Crippen MR) is 71.0 cm³/mol. The van der Waals surface area contributed by atoms with E-state index in [1.54, 1.807) is 0 Å². The van der Waals surface area contributed by atoms with Gasteiger partial charge in [-0.15, -0.1) is 0 Å². The topological polar surface area (TPSA) is 65.0 Å². The van der Waals surface area contributed by atoms with Gasteiger partial charge in [-0.3, -0.25) is 0 Å². The van der Waals surface area contributed by atoms with Crippen LogP contribution in [0.4, 0.5) is 0 Å². The average molecular weight is 267 g/mol. The van der Waals surface area contributed by atoms with Crippen LogP contribution in [0.25, 0.3) is 11.5 Å². The summed E-state index contributed by atoms with van der Waals surface area (Å²) < 4.78 is 10.7. The summed E-state index contributed by atoms with van der Waals surface area (Å²) in [5.74, 6) is 1.86. The van der Waals surface area contributed by atoms with E-state index in [0.717, 1.165) is 12.8 Å². The number of rotatable bonds is 3. The Morgan fingerprint density at radius 1 is 1.15 bits per heavy atom. The van der Waals surface area contributed by atoms with Crippen LogP contribution in [-0.4, -0.2) is 15.1 Å². The van der Waals surface area contributed by atoms with Gasteiger partial charge in [0.15, 0.2) is 12.1 Å². The minimum absolute atomic E-state index is 0.107. The van der Waals surface area contributed by atoms with Gasteiger partial charge in [0.25, 0.3) is 0 Å². The number of oxazole rings is 1. The first kappa shape index (κ1) is 11.4. The van der Waals surface area contributed by atoms with Crippen LogP contribution in [-0.2, 0) is 5.41 Å². The van der Waals surface area contributed by atoms with Crippen LogP contribution in [0.15, 0.2) is 45.7 Å². The van der Waals surface area contributed by atoms with Gasteiger partial charge in [0, 0.05) is 0 Å². The van der Waals surface area contributed by atoms with Crippen LogP contribution >= 0.6 is 0 Å². The molecule has 1 saturated carbocycles. The minimum Gasteiger partial charge on any atom is -0.448 e. The van der Waals surface area contributed by atoms with E-state index >= 15 is 0 Å². The summed E-state index contributed by atoms with van der Waals surface area (Å²) in [6.07, 6.45) is 3.47. The Kier molecular flexibility index (Phi) is 2.30. The van der Waals surface area contributed by atoms with Crippen molar-refractivity contribution in [1.82, 2.24) is 15.1 Å². The molecule has 0 atom stereocenters. The molecule has 1 aliphatic rings. The second kappa shape index (κ2) is 4.03. The van der Waals surface area contributed by atoms with Gasteiger partial charge in [-0.25, -0.2) is 4.98 Å². The van der Waals surface area contributed by atoms with Gasteiger partial charge in [-0.05, 0) is 25.3 Å². The fourth-order valence-corrected chi connectivity index (χ4v) is 2.54. The van der Waals surface area contributed by atoms with Crippen molar-refractivity contribution in [3.05, 3.63) is 53.9 Å². The Balaban J connectivity index is 1.74. The second-order valence-electron chi connectivity index (χ2n) is 5.13. The maximum absolute atomic E-state index is 5.48. The van der Waals surface area contributed by atoms with Crippen molar-refractivity contribution < 1.29 is 8.94 Å². The zero-order valence-corrected chi connectivity index (χ0v) is 11.0. The SMILES string of the molecule is Cc1ocnc1-c1noc(C2(c3ccccc3)CC2)n1. The molecule has 5 heteroatoms. The molecule has 0 radical (unpaired) electrons. The zero-order chi connectivity index (χ0) is 13.6. The van der Waals surface area contributed by atoms with Crippen molar-refractivity contribution in [3.63, 3.8) is 0 Å². The molecule has 0 N–H and O–H groups in total. The molecule has 2 heterocycles. The highest BCUT2D eigenvalue weighted by atomic mass is 16.5. The number of aromatic nitrogens is 3. The molecule has 20 heavy (non-hydrogen) atoms. The standard InChI is InChI=1S/C15H13N3O2/c1-10-12(16-9-19-10)13-17-14(20-18-13)15(7-8-15)11-5-3-2-4-6-11/h2-6,9H,7-8H2,1H3. The number of nitrogens with zero attached hydrogens (tertiary/aromatic N) is 3. The van der Waals surface area contributed by atoms with Gasteiger partial charge in [0.05, 0.1) is 5.41 Å². The van der Waals surface area contributed by atoms with Crippen LogP contribution in [0.1, 0.15) is 30.1 Å². The Morgan fingerprint density at radius 3 is 2.60 bits per heavy atom. The molecular weight excluding hydrogens is 254 g/mol. The third-order valence-electron chi connectivity index (χ3n) is 3.87. The highest BCUT2D eigenvalue weighted by molar-refractivity contribution is 5.51. The van der Waals surface area contributed by atoms with E-state index in [2.05, 4.69) is 27.3 Å². The van der Waals surface area contributed by atoms with E-state index in [1.807, 2.05) is 25.1 Å². The van der Waals surface area contributed by atoms with Crippen LogP contribution < -0.4 is 0 Å². The molecule has 1 fully saturated rings. The number of hydrogen-bond donors (Lipinski definition) is 0. The maximum atomic E-state index is 5.48. The molecule has 1 aliphatic carbocycles. The fraction of sp³-hybridized carbons (Fsp3) is 0.267. The molecule has 0 bridgehead atoms. The number of benzene rings is 1. The monoisotopic (exact) mass is 267 g/mol. The van der Waals surface area contributed by atoms with Gasteiger partial charge in [0.2, 0.25) is 11.7 Å². The predicted octanol–water partition coefficient (Wildman–Crippen LogP) is 3.11. The first-order chi connectivity index (χ1) is 9.79. The van der Waals surface area contributed by atoms with Crippen molar-refractivity contribution in [2.75, 3.05) is 0 Å². The first-order valence-corrected chi connectivity index (χ1v) is 6.60. The Labute approximate surface area is 115 Å². The minimum atomic E-state index is -0.107. The van der Waals surface area contributed by atoms with Crippen molar-refractivity contribution in [2.24, 2.45) is 0 Å². The number of hydrogen-bond acceptors (Lipinski definition) is 5. The van der Waals surface area contributed by atoms with Crippen molar-refractivity contribution in [1.29, 1.82) is 0 Å². The molecular formula is C15H13N3O2. The summed E-state index contributed by atoms with van der Waals surface area (Å²) in [5.41, 5.74) is 1.76. The Morgan fingerprint density at radius 2 is 1.95 bits per heavy atom. The van der Waals surface area contributed by atoms with Gasteiger partial charge in [-0.2, -0.15) is 4.98 Å². The molecule has 0 aliphatic heterocycles. The maximum Gasteiger partial charge on any atom is 0.237 e. The summed E-state index contributed by atoms with van der Waals surface area (Å²) in [7, 11) is 0. The van der Waals surface area contributed by atoms with E-state index in [1.165, 1.54) is 12.0 Å². The molecule has 1 aromatic carbocycles. The highest BCUT2D eigenvalue weighted by Gasteiger charge is 2.51. The van der Waals surface area contributed by atoms with Crippen molar-refractivity contribution in [2.45, 2.75) is 25.2 Å². The molecule has 4 rings (SSSR count). The fourth-order valence-electron chi connectivity index (χ4n) is 2.54. The summed E-state index contributed by atoms with van der Waals surface area (Å²) in [6.45, 7) is 1.84. The van der Waals surface area contributed by atoms with Gasteiger partial charge < -0.3 is 8.94 Å². The molecule has 0 unspecified atom stereocenters. The van der Waals surface area contributed by atoms with Gasteiger partial charge in [-0.1, -0.05) is 35.5 Å². The van der Waals surface area contributed by atoms with Crippen LogP contribution in [0, 0.1) is 6.92 Å². The third kappa shape index (κ3) is 1.59. The Hall–Kier alpha value is -2.43. The van der Waals surface area contributed by atoms with Crippen LogP contribution in [0.5, 0.6) is 0 Å². The average Bonchev–Trinajstić information content (AvgIpc) is 2.94. The van der Waals surface area contributed by atoms with Crippen LogP contribution in [0.2, 0.25) is 0 Å². The lowest BCUT2D eigenvalue weighted by molar-refractivity contribution is 0.360. The summed E-state index contributed by atoms with van der Waals surface area (Å²) >= 11 is 0. The van der Waals surface area contributed by atoms with Crippen LogP contribution in [0.3, 0.4) is 0 Å². The molecule has 2 aromatic heterocycles. The normalized spacial score (nSPS) is 16.2. The lowest BCUT2D eigenvalue weighted by Gasteiger charge is -2.09. The summed E-state index contributed by atoms with van der Waals surface area (Å²) in [4.78, 5) is 8.65. The molecule has 3 aromatic rings. The highest BCUT2D eigenvalue weighted by Crippen LogP contribution is 2.52. The lowest BCUT2D eigenvalue weighted by Crippen LogP contribution is -2.08. The second-order valence-corrected chi connectivity index (χ2v) is 5.13. The van der Waals surface area contributed by atoms with Crippen molar-refractivity contribution >= 4 is 0 Å². The molecule has 0 saturated heterocycles. The van der Waals surface area contributed by atoms with E-state index in [4.69, 9.17) is 8.94 Å².